The van der Waals surface area contributed by atoms with Crippen LogP contribution in [0.3, 0.4) is 0 Å². The van der Waals surface area contributed by atoms with Crippen molar-refractivity contribution in [1.82, 2.24) is 9.13 Å². The molecule has 1 N–H and O–H groups in total. The molecule has 0 bridgehead atoms. The largest absolute Gasteiger partial charge is 0.477 e. The average Bonchev–Trinajstić information content (AvgIpc) is 3.08. The Hall–Kier alpha value is -3.89. The molecule has 0 atom stereocenters. The molecule has 3 rings (SSSR count). The second kappa shape index (κ2) is 9.16. The summed E-state index contributed by atoms with van der Waals surface area (Å²) >= 11 is 0. The van der Waals surface area contributed by atoms with E-state index in [2.05, 4.69) is 0 Å². The summed E-state index contributed by atoms with van der Waals surface area (Å²) in [4.78, 5) is 50.8. The lowest BCUT2D eigenvalue weighted by Crippen LogP contribution is -2.42. The van der Waals surface area contributed by atoms with Crippen LogP contribution < -0.4 is 10.5 Å². The SMILES string of the molecule is CCc1cc2c(c(N(CC)C(=O)C(F)(F)F)c(C(=O)O)n2C)c(=O)n1CC(=O)c1ccccc1. The van der Waals surface area contributed by atoms with Gasteiger partial charge in [-0.25, -0.2) is 4.79 Å². The van der Waals surface area contributed by atoms with Gasteiger partial charge in [-0.2, -0.15) is 13.2 Å². The van der Waals surface area contributed by atoms with Crippen molar-refractivity contribution in [3.63, 3.8) is 0 Å². The number of pyridine rings is 1. The van der Waals surface area contributed by atoms with Gasteiger partial charge in [0.05, 0.1) is 23.1 Å². The number of aryl methyl sites for hydroxylation is 2. The van der Waals surface area contributed by atoms with Gasteiger partial charge in [0.15, 0.2) is 11.5 Å². The number of anilines is 1. The summed E-state index contributed by atoms with van der Waals surface area (Å²) in [7, 11) is 1.29. The zero-order valence-electron chi connectivity index (χ0n) is 18.6. The van der Waals surface area contributed by atoms with Crippen molar-refractivity contribution < 1.29 is 32.7 Å². The molecule has 2 aromatic heterocycles. The number of ketones is 1. The number of aromatic carboxylic acids is 1. The first kappa shape index (κ1) is 24.7. The number of Topliss-reactive ketones (excluding diaryl/α,β-unsaturated/α-hetero) is 1. The van der Waals surface area contributed by atoms with E-state index >= 15 is 0 Å². The summed E-state index contributed by atoms with van der Waals surface area (Å²) in [5.41, 5.74) is -1.38. The van der Waals surface area contributed by atoms with Crippen molar-refractivity contribution >= 4 is 34.3 Å². The Labute approximate surface area is 191 Å². The van der Waals surface area contributed by atoms with E-state index in [4.69, 9.17) is 0 Å². The number of carboxylic acid groups (broad SMARTS) is 1. The van der Waals surface area contributed by atoms with Crippen molar-refractivity contribution in [1.29, 1.82) is 0 Å². The summed E-state index contributed by atoms with van der Waals surface area (Å²) in [6, 6.07) is 9.60. The Bertz CT molecular complexity index is 1340. The van der Waals surface area contributed by atoms with Crippen LogP contribution in [-0.4, -0.2) is 44.6 Å². The minimum atomic E-state index is -5.29. The molecule has 3 aromatic rings. The number of alkyl halides is 3. The first-order valence-corrected chi connectivity index (χ1v) is 10.4. The smallest absolute Gasteiger partial charge is 0.471 e. The van der Waals surface area contributed by atoms with Crippen LogP contribution >= 0.6 is 0 Å². The van der Waals surface area contributed by atoms with Gasteiger partial charge in [-0.3, -0.25) is 14.4 Å². The predicted molar refractivity (Wildman–Crippen MR) is 118 cm³/mol. The minimum Gasteiger partial charge on any atom is -0.477 e. The third kappa shape index (κ3) is 4.20. The first-order valence-electron chi connectivity index (χ1n) is 10.4. The van der Waals surface area contributed by atoms with Crippen LogP contribution in [0, 0.1) is 0 Å². The maximum absolute atomic E-state index is 13.6. The number of hydrogen-bond donors (Lipinski definition) is 1. The monoisotopic (exact) mass is 477 g/mol. The fourth-order valence-corrected chi connectivity index (χ4v) is 3.96. The number of rotatable bonds is 7. The van der Waals surface area contributed by atoms with Crippen LogP contribution in [-0.2, 0) is 24.8 Å². The molecule has 0 fully saturated rings. The molecular formula is C23H22F3N3O5. The van der Waals surface area contributed by atoms with Crippen LogP contribution in [0.25, 0.3) is 10.9 Å². The number of carbonyl (C=O) groups is 3. The van der Waals surface area contributed by atoms with Crippen LogP contribution in [0.2, 0.25) is 0 Å². The van der Waals surface area contributed by atoms with Crippen molar-refractivity contribution in [2.45, 2.75) is 33.0 Å². The Kier molecular flexibility index (Phi) is 6.67. The highest BCUT2D eigenvalue weighted by molar-refractivity contribution is 6.13. The maximum atomic E-state index is 13.6. The number of hydrogen-bond acceptors (Lipinski definition) is 4. The molecular weight excluding hydrogens is 455 g/mol. The van der Waals surface area contributed by atoms with Crippen LogP contribution in [0.5, 0.6) is 0 Å². The minimum absolute atomic E-state index is 0.0473. The topological polar surface area (TPSA) is 102 Å². The van der Waals surface area contributed by atoms with E-state index in [0.29, 0.717) is 11.3 Å². The van der Waals surface area contributed by atoms with Crippen LogP contribution in [0.1, 0.15) is 40.4 Å². The molecule has 0 aliphatic rings. The number of aromatic nitrogens is 2. The number of carboxylic acids is 1. The zero-order valence-corrected chi connectivity index (χ0v) is 18.6. The quantitative estimate of drug-likeness (QED) is 0.526. The molecule has 180 valence electrons. The number of carbonyl (C=O) groups excluding carboxylic acids is 2. The molecule has 11 heteroatoms. The molecule has 0 aliphatic carbocycles. The molecule has 0 spiro atoms. The molecule has 1 aromatic carbocycles. The molecule has 8 nitrogen and oxygen atoms in total. The summed E-state index contributed by atoms with van der Waals surface area (Å²) < 4.78 is 42.1. The molecule has 2 heterocycles. The second-order valence-corrected chi connectivity index (χ2v) is 7.54. The lowest BCUT2D eigenvalue weighted by molar-refractivity contribution is -0.170. The highest BCUT2D eigenvalue weighted by Crippen LogP contribution is 2.34. The Morgan fingerprint density at radius 3 is 2.21 bits per heavy atom. The van der Waals surface area contributed by atoms with Gasteiger partial charge in [-0.05, 0) is 19.4 Å². The second-order valence-electron chi connectivity index (χ2n) is 7.54. The number of fused-ring (bicyclic) bond motifs is 1. The van der Waals surface area contributed by atoms with Gasteiger partial charge in [-0.15, -0.1) is 0 Å². The van der Waals surface area contributed by atoms with E-state index in [0.717, 1.165) is 9.13 Å². The fraction of sp³-hybridized carbons (Fsp3) is 0.304. The summed E-state index contributed by atoms with van der Waals surface area (Å²) in [5.74, 6) is -4.31. The van der Waals surface area contributed by atoms with E-state index < -0.39 is 53.9 Å². The van der Waals surface area contributed by atoms with Gasteiger partial charge in [0, 0.05) is 24.8 Å². The number of benzene rings is 1. The third-order valence-corrected chi connectivity index (χ3v) is 5.56. The van der Waals surface area contributed by atoms with E-state index in [1.165, 1.54) is 20.0 Å². The average molecular weight is 477 g/mol. The van der Waals surface area contributed by atoms with Gasteiger partial charge in [0.1, 0.15) is 0 Å². The molecule has 1 amide bonds. The van der Waals surface area contributed by atoms with E-state index in [-0.39, 0.29) is 22.2 Å². The number of halogens is 3. The van der Waals surface area contributed by atoms with Crippen molar-refractivity contribution in [2.24, 2.45) is 7.05 Å². The highest BCUT2D eigenvalue weighted by Gasteiger charge is 2.45. The predicted octanol–water partition coefficient (Wildman–Crippen LogP) is 3.40. The molecule has 34 heavy (non-hydrogen) atoms. The Morgan fingerprint density at radius 2 is 1.71 bits per heavy atom. The van der Waals surface area contributed by atoms with E-state index in [1.807, 2.05) is 0 Å². The lowest BCUT2D eigenvalue weighted by atomic mass is 10.1. The van der Waals surface area contributed by atoms with Gasteiger partial charge in [0.25, 0.3) is 5.56 Å². The Balaban J connectivity index is 2.36. The maximum Gasteiger partial charge on any atom is 0.471 e. The summed E-state index contributed by atoms with van der Waals surface area (Å²) in [6.07, 6.45) is -5.01. The number of amides is 1. The van der Waals surface area contributed by atoms with Crippen LogP contribution in [0.15, 0.2) is 41.2 Å². The van der Waals surface area contributed by atoms with Crippen molar-refractivity contribution in [2.75, 3.05) is 11.4 Å². The highest BCUT2D eigenvalue weighted by atomic mass is 19.4. The Morgan fingerprint density at radius 1 is 1.09 bits per heavy atom. The van der Waals surface area contributed by atoms with Gasteiger partial charge >= 0.3 is 18.1 Å². The first-order chi connectivity index (χ1) is 15.9. The van der Waals surface area contributed by atoms with Crippen molar-refractivity contribution in [3.05, 3.63) is 63.7 Å². The van der Waals surface area contributed by atoms with Gasteiger partial charge in [0.2, 0.25) is 0 Å². The van der Waals surface area contributed by atoms with E-state index in [1.54, 1.807) is 37.3 Å². The van der Waals surface area contributed by atoms with Gasteiger partial charge < -0.3 is 19.1 Å². The van der Waals surface area contributed by atoms with Crippen molar-refractivity contribution in [3.8, 4) is 0 Å². The van der Waals surface area contributed by atoms with Gasteiger partial charge in [-0.1, -0.05) is 37.3 Å². The normalized spacial score (nSPS) is 11.6. The van der Waals surface area contributed by atoms with Crippen LogP contribution in [0.4, 0.5) is 18.9 Å². The summed E-state index contributed by atoms with van der Waals surface area (Å²) in [5, 5.41) is 9.38. The molecule has 0 saturated carbocycles. The molecule has 0 saturated heterocycles. The summed E-state index contributed by atoms with van der Waals surface area (Å²) in [6.45, 7) is 2.03. The molecule has 0 radical (unpaired) electrons. The third-order valence-electron chi connectivity index (χ3n) is 5.56. The van der Waals surface area contributed by atoms with E-state index in [9.17, 15) is 37.5 Å². The molecule has 0 aliphatic heterocycles. The standard InChI is InChI=1S/C23H22F3N3O5/c1-4-14-11-15-17(20(31)29(14)12-16(30)13-9-7-6-8-10-13)18(19(21(32)33)27(15)3)28(5-2)22(34)23(24,25)26/h6-11H,4-5,12H2,1-3H3,(H,32,33). The zero-order chi connectivity index (χ0) is 25.4. The fourth-order valence-electron chi connectivity index (χ4n) is 3.96. The lowest BCUT2D eigenvalue weighted by Gasteiger charge is -2.22. The number of nitrogens with zero attached hydrogens (tertiary/aromatic N) is 3. The molecule has 0 unspecified atom stereocenters.